The summed E-state index contributed by atoms with van der Waals surface area (Å²) in [5.41, 5.74) is 0.676. The van der Waals surface area contributed by atoms with Crippen molar-refractivity contribution in [3.63, 3.8) is 0 Å². The molecule has 0 amide bonds. The Labute approximate surface area is 122 Å². The molecule has 0 heterocycles. The summed E-state index contributed by atoms with van der Waals surface area (Å²) in [6.07, 6.45) is 4.35. The molecule has 21 heavy (non-hydrogen) atoms. The molecule has 116 valence electrons. The first-order valence-corrected chi connectivity index (χ1v) is 6.99. The van der Waals surface area contributed by atoms with Crippen molar-refractivity contribution in [3.05, 3.63) is 29.8 Å². The Bertz CT molecular complexity index is 458. The van der Waals surface area contributed by atoms with E-state index in [2.05, 4.69) is 10.1 Å². The SMILES string of the molecule is COC(=O)C(NC1CCCC1)c1ccc(OC(F)F)cc1. The summed E-state index contributed by atoms with van der Waals surface area (Å²) >= 11 is 0. The van der Waals surface area contributed by atoms with Gasteiger partial charge in [-0.15, -0.1) is 0 Å². The second kappa shape index (κ2) is 7.36. The van der Waals surface area contributed by atoms with Gasteiger partial charge in [0.05, 0.1) is 7.11 Å². The fraction of sp³-hybridized carbons (Fsp3) is 0.533. The Hall–Kier alpha value is -1.69. The predicted octanol–water partition coefficient (Wildman–Crippen LogP) is 3.03. The number of esters is 1. The van der Waals surface area contributed by atoms with E-state index in [-0.39, 0.29) is 17.8 Å². The van der Waals surface area contributed by atoms with Gasteiger partial charge >= 0.3 is 12.6 Å². The molecule has 0 saturated heterocycles. The van der Waals surface area contributed by atoms with E-state index in [9.17, 15) is 13.6 Å². The number of hydrogen-bond acceptors (Lipinski definition) is 4. The molecule has 6 heteroatoms. The van der Waals surface area contributed by atoms with Crippen LogP contribution in [-0.2, 0) is 9.53 Å². The summed E-state index contributed by atoms with van der Waals surface area (Å²) in [5, 5.41) is 3.28. The zero-order chi connectivity index (χ0) is 15.2. The molecule has 1 saturated carbocycles. The van der Waals surface area contributed by atoms with Crippen LogP contribution < -0.4 is 10.1 Å². The molecule has 0 bridgehead atoms. The Balaban J connectivity index is 2.09. The van der Waals surface area contributed by atoms with Gasteiger partial charge < -0.3 is 9.47 Å². The summed E-state index contributed by atoms with van der Waals surface area (Å²) in [5.74, 6) is -0.317. The second-order valence-electron chi connectivity index (χ2n) is 5.05. The molecular formula is C15H19F2NO3. The van der Waals surface area contributed by atoms with Gasteiger partial charge in [0.2, 0.25) is 0 Å². The summed E-state index contributed by atoms with van der Waals surface area (Å²) in [7, 11) is 1.33. The van der Waals surface area contributed by atoms with Crippen molar-refractivity contribution in [1.82, 2.24) is 5.32 Å². The molecule has 1 aliphatic carbocycles. The number of halogens is 2. The Morgan fingerprint density at radius 3 is 2.38 bits per heavy atom. The first-order chi connectivity index (χ1) is 10.1. The van der Waals surface area contributed by atoms with E-state index in [4.69, 9.17) is 4.74 Å². The molecule has 0 aliphatic heterocycles. The first-order valence-electron chi connectivity index (χ1n) is 6.99. The van der Waals surface area contributed by atoms with Crippen LogP contribution in [0, 0.1) is 0 Å². The maximum absolute atomic E-state index is 12.1. The van der Waals surface area contributed by atoms with Crippen molar-refractivity contribution in [2.75, 3.05) is 7.11 Å². The van der Waals surface area contributed by atoms with Gasteiger partial charge in [-0.3, -0.25) is 5.32 Å². The molecule has 1 unspecified atom stereocenters. The average molecular weight is 299 g/mol. The van der Waals surface area contributed by atoms with Crippen LogP contribution in [0.4, 0.5) is 8.78 Å². The zero-order valence-electron chi connectivity index (χ0n) is 11.9. The highest BCUT2D eigenvalue weighted by Gasteiger charge is 2.26. The normalized spacial score (nSPS) is 17.0. The van der Waals surface area contributed by atoms with Crippen LogP contribution in [0.3, 0.4) is 0 Å². The third-order valence-corrected chi connectivity index (χ3v) is 3.63. The van der Waals surface area contributed by atoms with E-state index in [1.165, 1.54) is 19.2 Å². The molecule has 2 rings (SSSR count). The van der Waals surface area contributed by atoms with Gasteiger partial charge in [-0.05, 0) is 30.5 Å². The van der Waals surface area contributed by atoms with Crippen LogP contribution in [0.5, 0.6) is 5.75 Å². The molecule has 1 N–H and O–H groups in total. The molecule has 0 radical (unpaired) electrons. The summed E-state index contributed by atoms with van der Waals surface area (Å²) in [4.78, 5) is 11.9. The monoisotopic (exact) mass is 299 g/mol. The van der Waals surface area contributed by atoms with Gasteiger partial charge in [-0.1, -0.05) is 25.0 Å². The highest BCUT2D eigenvalue weighted by atomic mass is 19.3. The van der Waals surface area contributed by atoms with Crippen molar-refractivity contribution >= 4 is 5.97 Å². The molecule has 1 aliphatic rings. The van der Waals surface area contributed by atoms with E-state index < -0.39 is 12.7 Å². The minimum Gasteiger partial charge on any atom is -0.468 e. The number of carbonyl (C=O) groups excluding carboxylic acids is 1. The maximum Gasteiger partial charge on any atom is 0.387 e. The minimum absolute atomic E-state index is 0.0678. The fourth-order valence-electron chi connectivity index (χ4n) is 2.59. The highest BCUT2D eigenvalue weighted by Crippen LogP contribution is 2.24. The maximum atomic E-state index is 12.1. The molecular weight excluding hydrogens is 280 g/mol. The number of benzene rings is 1. The lowest BCUT2D eigenvalue weighted by Crippen LogP contribution is -2.36. The van der Waals surface area contributed by atoms with Gasteiger partial charge in [-0.25, -0.2) is 4.79 Å². The number of nitrogens with one attached hydrogen (secondary N) is 1. The lowest BCUT2D eigenvalue weighted by Gasteiger charge is -2.21. The summed E-state index contributed by atoms with van der Waals surface area (Å²) in [6.45, 7) is -2.86. The molecule has 1 atom stereocenters. The van der Waals surface area contributed by atoms with Crippen LogP contribution in [0.25, 0.3) is 0 Å². The standard InChI is InChI=1S/C15H19F2NO3/c1-20-14(19)13(18-11-4-2-3-5-11)10-6-8-12(9-7-10)21-15(16)17/h6-9,11,13,15,18H,2-5H2,1H3. The molecule has 1 aromatic carbocycles. The average Bonchev–Trinajstić information content (AvgIpc) is 2.97. The topological polar surface area (TPSA) is 47.6 Å². The largest absolute Gasteiger partial charge is 0.468 e. The number of alkyl halides is 2. The Kier molecular flexibility index (Phi) is 5.50. The van der Waals surface area contributed by atoms with Crippen molar-refractivity contribution < 1.29 is 23.0 Å². The molecule has 1 aromatic rings. The van der Waals surface area contributed by atoms with Gasteiger partial charge in [0.1, 0.15) is 11.8 Å². The smallest absolute Gasteiger partial charge is 0.387 e. The highest BCUT2D eigenvalue weighted by molar-refractivity contribution is 5.77. The van der Waals surface area contributed by atoms with Gasteiger partial charge in [0.15, 0.2) is 0 Å². The third-order valence-electron chi connectivity index (χ3n) is 3.63. The third kappa shape index (κ3) is 4.39. The van der Waals surface area contributed by atoms with E-state index in [1.54, 1.807) is 12.1 Å². The number of hydrogen-bond donors (Lipinski definition) is 1. The van der Waals surface area contributed by atoms with Crippen LogP contribution in [0.2, 0.25) is 0 Å². The first kappa shape index (κ1) is 15.7. The molecule has 4 nitrogen and oxygen atoms in total. The number of carbonyl (C=O) groups is 1. The van der Waals surface area contributed by atoms with Crippen LogP contribution >= 0.6 is 0 Å². The van der Waals surface area contributed by atoms with Gasteiger partial charge in [-0.2, -0.15) is 8.78 Å². The minimum atomic E-state index is -2.86. The van der Waals surface area contributed by atoms with Crippen LogP contribution in [0.1, 0.15) is 37.3 Å². The van der Waals surface area contributed by atoms with E-state index >= 15 is 0 Å². The lowest BCUT2D eigenvalue weighted by atomic mass is 10.1. The van der Waals surface area contributed by atoms with E-state index in [0.29, 0.717) is 5.56 Å². The number of ether oxygens (including phenoxy) is 2. The van der Waals surface area contributed by atoms with E-state index in [1.807, 2.05) is 0 Å². The molecule has 0 spiro atoms. The van der Waals surface area contributed by atoms with Crippen molar-refractivity contribution in [1.29, 1.82) is 0 Å². The molecule has 0 aromatic heterocycles. The quantitative estimate of drug-likeness (QED) is 0.820. The second-order valence-corrected chi connectivity index (χ2v) is 5.05. The number of rotatable bonds is 6. The number of methoxy groups -OCH3 is 1. The summed E-state index contributed by atoms with van der Waals surface area (Å²) < 4.78 is 33.4. The van der Waals surface area contributed by atoms with Crippen LogP contribution in [-0.4, -0.2) is 25.7 Å². The predicted molar refractivity (Wildman–Crippen MR) is 73.2 cm³/mol. The lowest BCUT2D eigenvalue weighted by molar-refractivity contribution is -0.143. The fourth-order valence-corrected chi connectivity index (χ4v) is 2.59. The van der Waals surface area contributed by atoms with Gasteiger partial charge in [0.25, 0.3) is 0 Å². The van der Waals surface area contributed by atoms with Gasteiger partial charge in [0, 0.05) is 6.04 Å². The van der Waals surface area contributed by atoms with Crippen molar-refractivity contribution in [3.8, 4) is 5.75 Å². The molecule has 1 fully saturated rings. The van der Waals surface area contributed by atoms with Crippen molar-refractivity contribution in [2.45, 2.75) is 44.4 Å². The Morgan fingerprint density at radius 2 is 1.86 bits per heavy atom. The Morgan fingerprint density at radius 1 is 1.24 bits per heavy atom. The van der Waals surface area contributed by atoms with Crippen molar-refractivity contribution in [2.24, 2.45) is 0 Å². The van der Waals surface area contributed by atoms with Crippen LogP contribution in [0.15, 0.2) is 24.3 Å². The zero-order valence-corrected chi connectivity index (χ0v) is 11.9. The summed E-state index contributed by atoms with van der Waals surface area (Å²) in [6, 6.07) is 5.74. The van der Waals surface area contributed by atoms with E-state index in [0.717, 1.165) is 25.7 Å².